The molecule has 0 unspecified atom stereocenters. The minimum absolute atomic E-state index is 0.113. The molecule has 0 bridgehead atoms. The van der Waals surface area contributed by atoms with Crippen molar-refractivity contribution in [1.82, 2.24) is 0 Å². The van der Waals surface area contributed by atoms with Gasteiger partial charge in [0, 0.05) is 6.07 Å². The second kappa shape index (κ2) is 7.34. The summed E-state index contributed by atoms with van der Waals surface area (Å²) in [4.78, 5) is 20.9. The number of anilines is 1. The quantitative estimate of drug-likeness (QED) is 0.603. The van der Waals surface area contributed by atoms with Gasteiger partial charge in [0.1, 0.15) is 5.69 Å². The van der Waals surface area contributed by atoms with Gasteiger partial charge in [-0.3, -0.25) is 10.1 Å². The van der Waals surface area contributed by atoms with Gasteiger partial charge >= 0.3 is 6.18 Å². The molecule has 0 aliphatic rings. The van der Waals surface area contributed by atoms with Gasteiger partial charge in [0.15, 0.2) is 0 Å². The number of alkyl halides is 3. The number of hydrogen-bond acceptors (Lipinski definition) is 6. The minimum Gasteiger partial charge on any atom is -0.548 e. The molecule has 0 amide bonds. The van der Waals surface area contributed by atoms with Gasteiger partial charge in [-0.1, -0.05) is 0 Å². The zero-order valence-corrected chi connectivity index (χ0v) is 12.2. The molecule has 1 aromatic carbocycles. The van der Waals surface area contributed by atoms with Crippen LogP contribution in [0.3, 0.4) is 0 Å². The zero-order valence-electron chi connectivity index (χ0n) is 11.3. The van der Waals surface area contributed by atoms with E-state index in [4.69, 9.17) is 0 Å². The van der Waals surface area contributed by atoms with Gasteiger partial charge in [-0.2, -0.15) is 24.9 Å². The summed E-state index contributed by atoms with van der Waals surface area (Å²) in [7, 11) is 0. The summed E-state index contributed by atoms with van der Waals surface area (Å²) in [6.07, 6.45) is -2.87. The fraction of sp³-hybridized carbons (Fsp3) is 0.417. The molecule has 0 aliphatic heterocycles. The largest absolute Gasteiger partial charge is 0.548 e. The number of benzene rings is 1. The Balaban J connectivity index is 3.12. The number of nitro benzene ring substituents is 1. The lowest BCUT2D eigenvalue weighted by molar-refractivity contribution is -0.384. The van der Waals surface area contributed by atoms with Crippen LogP contribution in [0.5, 0.6) is 0 Å². The van der Waals surface area contributed by atoms with Crippen molar-refractivity contribution >= 4 is 29.1 Å². The molecule has 6 nitrogen and oxygen atoms in total. The number of nitro groups is 1. The highest BCUT2D eigenvalue weighted by molar-refractivity contribution is 7.98. The van der Waals surface area contributed by atoms with Gasteiger partial charge in [0.05, 0.1) is 22.5 Å². The summed E-state index contributed by atoms with van der Waals surface area (Å²) >= 11 is 1.36. The number of carboxylic acids is 1. The number of aliphatic carboxylic acids is 1. The third kappa shape index (κ3) is 4.79. The van der Waals surface area contributed by atoms with E-state index in [9.17, 15) is 33.2 Å². The molecular weight excluding hydrogens is 325 g/mol. The Hall–Kier alpha value is -1.97. The molecule has 22 heavy (non-hydrogen) atoms. The van der Waals surface area contributed by atoms with Gasteiger partial charge in [-0.15, -0.1) is 0 Å². The molecule has 0 aromatic heterocycles. The molecule has 0 heterocycles. The number of carboxylic acid groups (broad SMARTS) is 1. The van der Waals surface area contributed by atoms with E-state index >= 15 is 0 Å². The van der Waals surface area contributed by atoms with Crippen LogP contribution in [0.4, 0.5) is 24.5 Å². The van der Waals surface area contributed by atoms with Crippen molar-refractivity contribution in [1.29, 1.82) is 0 Å². The van der Waals surface area contributed by atoms with Gasteiger partial charge in [0.2, 0.25) is 0 Å². The zero-order chi connectivity index (χ0) is 16.9. The van der Waals surface area contributed by atoms with E-state index in [0.29, 0.717) is 17.9 Å². The average molecular weight is 337 g/mol. The molecule has 0 aliphatic carbocycles. The second-order valence-corrected chi connectivity index (χ2v) is 5.27. The average Bonchev–Trinajstić information content (AvgIpc) is 2.41. The normalized spacial score (nSPS) is 12.7. The highest BCUT2D eigenvalue weighted by Gasteiger charge is 2.33. The van der Waals surface area contributed by atoms with E-state index in [1.165, 1.54) is 11.8 Å². The molecule has 122 valence electrons. The molecule has 1 rings (SSSR count). The molecule has 1 atom stereocenters. The number of nitrogens with zero attached hydrogens (tertiary/aromatic N) is 1. The number of hydrogen-bond donors (Lipinski definition) is 1. The van der Waals surface area contributed by atoms with Crippen LogP contribution >= 0.6 is 11.8 Å². The number of nitrogens with one attached hydrogen (secondary N) is 1. The van der Waals surface area contributed by atoms with E-state index < -0.39 is 34.4 Å². The van der Waals surface area contributed by atoms with Crippen LogP contribution in [-0.2, 0) is 11.0 Å². The highest BCUT2D eigenvalue weighted by Crippen LogP contribution is 2.35. The fourth-order valence-electron chi connectivity index (χ4n) is 1.65. The summed E-state index contributed by atoms with van der Waals surface area (Å²) in [5.74, 6) is -1.04. The topological polar surface area (TPSA) is 95.3 Å². The number of halogens is 3. The van der Waals surface area contributed by atoms with E-state index in [1.54, 1.807) is 6.26 Å². The molecule has 0 spiro atoms. The molecule has 1 N–H and O–H groups in total. The van der Waals surface area contributed by atoms with Gasteiger partial charge in [0.25, 0.3) is 5.69 Å². The molecule has 1 aromatic rings. The van der Waals surface area contributed by atoms with E-state index in [0.717, 1.165) is 6.07 Å². The first-order valence-corrected chi connectivity index (χ1v) is 7.38. The predicted molar refractivity (Wildman–Crippen MR) is 73.5 cm³/mol. The SMILES string of the molecule is CSCC[C@H](Nc1ccc(C(F)(F)F)cc1[N+](=O)[O-])C(=O)[O-]. The second-order valence-electron chi connectivity index (χ2n) is 4.28. The Bertz CT molecular complexity index is 566. The van der Waals surface area contributed by atoms with Crippen LogP contribution < -0.4 is 10.4 Å². The summed E-state index contributed by atoms with van der Waals surface area (Å²) in [5.41, 5.74) is -2.32. The van der Waals surface area contributed by atoms with Crippen LogP contribution in [0.15, 0.2) is 18.2 Å². The van der Waals surface area contributed by atoms with Crippen LogP contribution in [-0.4, -0.2) is 28.9 Å². The van der Waals surface area contributed by atoms with Crippen molar-refractivity contribution in [2.45, 2.75) is 18.6 Å². The van der Waals surface area contributed by atoms with Crippen molar-refractivity contribution in [3.8, 4) is 0 Å². The van der Waals surface area contributed by atoms with Gasteiger partial charge in [-0.25, -0.2) is 0 Å². The lowest BCUT2D eigenvalue weighted by Crippen LogP contribution is -2.41. The molecular formula is C12H12F3N2O4S-. The van der Waals surface area contributed by atoms with Gasteiger partial charge in [-0.05, 0) is 30.6 Å². The van der Waals surface area contributed by atoms with Crippen molar-refractivity contribution in [3.63, 3.8) is 0 Å². The maximum atomic E-state index is 12.6. The summed E-state index contributed by atoms with van der Waals surface area (Å²) < 4.78 is 37.7. The Morgan fingerprint density at radius 3 is 2.55 bits per heavy atom. The lowest BCUT2D eigenvalue weighted by Gasteiger charge is -2.20. The van der Waals surface area contributed by atoms with E-state index in [1.807, 2.05) is 0 Å². The smallest absolute Gasteiger partial charge is 0.416 e. The minimum atomic E-state index is -4.73. The van der Waals surface area contributed by atoms with Crippen LogP contribution in [0.1, 0.15) is 12.0 Å². The van der Waals surface area contributed by atoms with Gasteiger partial charge < -0.3 is 15.2 Å². The first-order chi connectivity index (χ1) is 10.2. The molecule has 0 fully saturated rings. The summed E-state index contributed by atoms with van der Waals surface area (Å²) in [5, 5.41) is 24.2. The van der Waals surface area contributed by atoms with E-state index in [-0.39, 0.29) is 12.1 Å². The number of rotatable bonds is 7. The van der Waals surface area contributed by atoms with Crippen molar-refractivity contribution in [2.75, 3.05) is 17.3 Å². The Labute approximate surface area is 127 Å². The highest BCUT2D eigenvalue weighted by atomic mass is 32.2. The maximum absolute atomic E-state index is 12.6. The third-order valence-electron chi connectivity index (χ3n) is 2.75. The molecule has 0 radical (unpaired) electrons. The summed E-state index contributed by atoms with van der Waals surface area (Å²) in [6.45, 7) is 0. The van der Waals surface area contributed by atoms with Crippen molar-refractivity contribution < 1.29 is 28.0 Å². The number of carbonyl (C=O) groups is 1. The Morgan fingerprint density at radius 1 is 1.45 bits per heavy atom. The number of thioether (sulfide) groups is 1. The van der Waals surface area contributed by atoms with Crippen molar-refractivity contribution in [2.24, 2.45) is 0 Å². The maximum Gasteiger partial charge on any atom is 0.416 e. The van der Waals surface area contributed by atoms with Crippen LogP contribution in [0.2, 0.25) is 0 Å². The Kier molecular flexibility index (Phi) is 6.03. The monoisotopic (exact) mass is 337 g/mol. The van der Waals surface area contributed by atoms with E-state index in [2.05, 4.69) is 5.32 Å². The molecule has 0 saturated carbocycles. The lowest BCUT2D eigenvalue weighted by atomic mass is 10.1. The molecule has 0 saturated heterocycles. The first-order valence-electron chi connectivity index (χ1n) is 5.98. The molecule has 10 heteroatoms. The third-order valence-corrected chi connectivity index (χ3v) is 3.39. The first kappa shape index (κ1) is 18.1. The number of carbonyl (C=O) groups excluding carboxylic acids is 1. The fourth-order valence-corrected chi connectivity index (χ4v) is 2.12. The van der Waals surface area contributed by atoms with Crippen LogP contribution in [0, 0.1) is 10.1 Å². The van der Waals surface area contributed by atoms with Crippen molar-refractivity contribution in [3.05, 3.63) is 33.9 Å². The summed E-state index contributed by atoms with van der Waals surface area (Å²) in [6, 6.07) is 0.623. The van der Waals surface area contributed by atoms with Crippen LogP contribution in [0.25, 0.3) is 0 Å². The predicted octanol–water partition coefficient (Wildman–Crippen LogP) is 1.90. The standard InChI is InChI=1S/C12H13F3N2O4S/c1-22-5-4-9(11(18)19)16-8-3-2-7(12(13,14)15)6-10(8)17(20)21/h2-3,6,9,16H,4-5H2,1H3,(H,18,19)/p-1/t9-/m0/s1. The Morgan fingerprint density at radius 2 is 2.09 bits per heavy atom.